The van der Waals surface area contributed by atoms with Crippen LogP contribution in [0.4, 0.5) is 4.39 Å². The van der Waals surface area contributed by atoms with E-state index in [0.29, 0.717) is 17.8 Å². The molecule has 0 atom stereocenters. The fourth-order valence-corrected chi connectivity index (χ4v) is 3.41. The third-order valence-corrected chi connectivity index (χ3v) is 5.04. The van der Waals surface area contributed by atoms with Crippen LogP contribution >= 0.6 is 0 Å². The van der Waals surface area contributed by atoms with Gasteiger partial charge < -0.3 is 5.32 Å². The van der Waals surface area contributed by atoms with Gasteiger partial charge in [0.1, 0.15) is 11.4 Å². The highest BCUT2D eigenvalue weighted by molar-refractivity contribution is 5.99. The molecule has 0 unspecified atom stereocenters. The summed E-state index contributed by atoms with van der Waals surface area (Å²) in [4.78, 5) is 17.4. The number of halogens is 1. The Hall–Kier alpha value is -3.54. The van der Waals surface area contributed by atoms with Crippen molar-refractivity contribution in [1.29, 1.82) is 0 Å². The number of carbonyl (C=O) groups is 1. The van der Waals surface area contributed by atoms with Crippen molar-refractivity contribution in [2.45, 2.75) is 26.8 Å². The zero-order chi connectivity index (χ0) is 20.4. The van der Waals surface area contributed by atoms with Gasteiger partial charge in [-0.25, -0.2) is 13.9 Å². The topological polar surface area (TPSA) is 59.3 Å². The van der Waals surface area contributed by atoms with Gasteiger partial charge in [-0.2, -0.15) is 5.10 Å². The van der Waals surface area contributed by atoms with Crippen LogP contribution in [0.5, 0.6) is 0 Å². The van der Waals surface area contributed by atoms with Crippen molar-refractivity contribution in [3.05, 3.63) is 100 Å². The van der Waals surface area contributed by atoms with Gasteiger partial charge in [0, 0.05) is 24.4 Å². The molecule has 4 rings (SSSR count). The number of hydrogen-bond acceptors (Lipinski definition) is 3. The van der Waals surface area contributed by atoms with E-state index in [-0.39, 0.29) is 11.7 Å². The minimum absolute atomic E-state index is 0.258. The molecule has 0 saturated heterocycles. The van der Waals surface area contributed by atoms with Gasteiger partial charge in [0.2, 0.25) is 0 Å². The first-order valence-electron chi connectivity index (χ1n) is 9.43. The fraction of sp³-hybridized carbons (Fsp3) is 0.174. The zero-order valence-electron chi connectivity index (χ0n) is 16.3. The number of benzene rings is 2. The monoisotopic (exact) mass is 388 g/mol. The summed E-state index contributed by atoms with van der Waals surface area (Å²) in [5.41, 5.74) is 5.93. The summed E-state index contributed by atoms with van der Waals surface area (Å²) in [5.74, 6) is -0.560. The van der Waals surface area contributed by atoms with Crippen molar-refractivity contribution < 1.29 is 9.18 Å². The molecule has 6 heteroatoms. The van der Waals surface area contributed by atoms with Gasteiger partial charge >= 0.3 is 0 Å². The zero-order valence-corrected chi connectivity index (χ0v) is 16.3. The van der Waals surface area contributed by atoms with E-state index in [4.69, 9.17) is 0 Å². The van der Waals surface area contributed by atoms with Gasteiger partial charge in [-0.05, 0) is 42.7 Å². The van der Waals surface area contributed by atoms with Crippen LogP contribution in [0.15, 0.2) is 60.8 Å². The molecule has 0 aliphatic carbocycles. The lowest BCUT2D eigenvalue weighted by molar-refractivity contribution is 0.0952. The van der Waals surface area contributed by atoms with Crippen molar-refractivity contribution in [3.63, 3.8) is 0 Å². The molecule has 2 aromatic carbocycles. The van der Waals surface area contributed by atoms with E-state index in [1.54, 1.807) is 22.8 Å². The lowest BCUT2D eigenvalue weighted by Crippen LogP contribution is -2.23. The van der Waals surface area contributed by atoms with Crippen LogP contribution in [0, 0.1) is 19.7 Å². The van der Waals surface area contributed by atoms with E-state index in [2.05, 4.69) is 27.5 Å². The van der Waals surface area contributed by atoms with Crippen molar-refractivity contribution in [2.75, 3.05) is 0 Å². The first-order valence-corrected chi connectivity index (χ1v) is 9.43. The number of rotatable bonds is 5. The number of carbonyl (C=O) groups excluding carboxylic acids is 1. The van der Waals surface area contributed by atoms with E-state index in [1.165, 1.54) is 17.7 Å². The molecule has 0 aliphatic heterocycles. The molecule has 2 heterocycles. The molecule has 0 bridgehead atoms. The van der Waals surface area contributed by atoms with E-state index >= 15 is 0 Å². The molecule has 0 saturated carbocycles. The average Bonchev–Trinajstić information content (AvgIpc) is 3.15. The summed E-state index contributed by atoms with van der Waals surface area (Å²) in [6, 6.07) is 16.2. The summed E-state index contributed by atoms with van der Waals surface area (Å²) in [6.07, 6.45) is 2.30. The highest BCUT2D eigenvalue weighted by Crippen LogP contribution is 2.20. The Bertz CT molecular complexity index is 1170. The van der Waals surface area contributed by atoms with Crippen LogP contribution in [0.1, 0.15) is 38.4 Å². The lowest BCUT2D eigenvalue weighted by Gasteiger charge is -2.12. The van der Waals surface area contributed by atoms with Crippen molar-refractivity contribution in [1.82, 2.24) is 19.9 Å². The number of aromatic nitrogens is 3. The third-order valence-electron chi connectivity index (χ3n) is 5.04. The normalized spacial score (nSPS) is 11.0. The third kappa shape index (κ3) is 3.87. The number of nitrogens with one attached hydrogen (secondary N) is 1. The number of fused-ring (bicyclic) bond motifs is 1. The first-order chi connectivity index (χ1) is 14.0. The fourth-order valence-electron chi connectivity index (χ4n) is 3.41. The van der Waals surface area contributed by atoms with Gasteiger partial charge in [-0.15, -0.1) is 0 Å². The molecule has 29 heavy (non-hydrogen) atoms. The molecule has 0 spiro atoms. The highest BCUT2D eigenvalue weighted by Gasteiger charge is 2.18. The summed E-state index contributed by atoms with van der Waals surface area (Å²) in [5, 5.41) is 7.24. The number of aryl methyl sites for hydroxylation is 2. The second-order valence-corrected chi connectivity index (χ2v) is 7.03. The second-order valence-electron chi connectivity index (χ2n) is 7.03. The van der Waals surface area contributed by atoms with Crippen molar-refractivity contribution >= 4 is 11.6 Å². The molecule has 0 fully saturated rings. The van der Waals surface area contributed by atoms with E-state index in [1.807, 2.05) is 32.0 Å². The summed E-state index contributed by atoms with van der Waals surface area (Å²) >= 11 is 0. The molecule has 146 valence electrons. The largest absolute Gasteiger partial charge is 0.348 e. The van der Waals surface area contributed by atoms with Crippen LogP contribution in [0.2, 0.25) is 0 Å². The quantitative estimate of drug-likeness (QED) is 0.562. The number of amides is 1. The minimum atomic E-state index is -0.302. The molecule has 5 nitrogen and oxygen atoms in total. The van der Waals surface area contributed by atoms with Crippen LogP contribution in [-0.4, -0.2) is 20.5 Å². The molecule has 1 amide bonds. The molecular formula is C23H21FN4O. The van der Waals surface area contributed by atoms with Crippen LogP contribution in [0.3, 0.4) is 0 Å². The Kier molecular flexibility index (Phi) is 5.08. The van der Waals surface area contributed by atoms with E-state index in [0.717, 1.165) is 28.9 Å². The summed E-state index contributed by atoms with van der Waals surface area (Å²) in [6.45, 7) is 4.26. The number of nitrogens with zero attached hydrogens (tertiary/aromatic N) is 3. The number of hydrogen-bond donors (Lipinski definition) is 1. The Balaban J connectivity index is 1.59. The van der Waals surface area contributed by atoms with Gasteiger partial charge in [0.05, 0.1) is 6.20 Å². The summed E-state index contributed by atoms with van der Waals surface area (Å²) < 4.78 is 14.7. The van der Waals surface area contributed by atoms with Crippen LogP contribution in [-0.2, 0) is 13.0 Å². The van der Waals surface area contributed by atoms with Gasteiger partial charge in [0.15, 0.2) is 5.65 Å². The predicted molar refractivity (Wildman–Crippen MR) is 109 cm³/mol. The van der Waals surface area contributed by atoms with Crippen LogP contribution < -0.4 is 5.32 Å². The first kappa shape index (κ1) is 18.8. The maximum atomic E-state index is 13.0. The van der Waals surface area contributed by atoms with Crippen LogP contribution in [0.25, 0.3) is 5.65 Å². The Morgan fingerprint density at radius 3 is 2.48 bits per heavy atom. The van der Waals surface area contributed by atoms with Gasteiger partial charge in [-0.3, -0.25) is 4.79 Å². The smallest absolute Gasteiger partial charge is 0.257 e. The van der Waals surface area contributed by atoms with E-state index < -0.39 is 0 Å². The predicted octanol–water partition coefficient (Wildman–Crippen LogP) is 4.01. The molecular weight excluding hydrogens is 367 g/mol. The van der Waals surface area contributed by atoms with Crippen molar-refractivity contribution in [3.8, 4) is 0 Å². The maximum Gasteiger partial charge on any atom is 0.257 e. The molecule has 1 N–H and O–H groups in total. The highest BCUT2D eigenvalue weighted by atomic mass is 19.1. The molecule has 4 aromatic rings. The van der Waals surface area contributed by atoms with Gasteiger partial charge in [-0.1, -0.05) is 42.5 Å². The lowest BCUT2D eigenvalue weighted by atomic mass is 10.0. The van der Waals surface area contributed by atoms with Gasteiger partial charge in [0.25, 0.3) is 5.91 Å². The standard InChI is InChI=1S/C23H21FN4O/c1-15-20(12-17-6-4-3-5-7-17)16(2)28-22(27-15)21(14-26-28)23(29)25-13-18-8-10-19(24)11-9-18/h3-11,14H,12-13H2,1-2H3,(H,25,29). The van der Waals surface area contributed by atoms with Crippen molar-refractivity contribution in [2.24, 2.45) is 0 Å². The molecule has 0 aliphatic rings. The van der Waals surface area contributed by atoms with E-state index in [9.17, 15) is 9.18 Å². The maximum absolute atomic E-state index is 13.0. The minimum Gasteiger partial charge on any atom is -0.348 e. The Morgan fingerprint density at radius 2 is 1.76 bits per heavy atom. The SMILES string of the molecule is Cc1nc2c(C(=O)NCc3ccc(F)cc3)cnn2c(C)c1Cc1ccccc1. The average molecular weight is 388 g/mol. The summed E-state index contributed by atoms with van der Waals surface area (Å²) in [7, 11) is 0. The second kappa shape index (κ2) is 7.83. The molecule has 2 aromatic heterocycles. The Morgan fingerprint density at radius 1 is 1.03 bits per heavy atom. The Labute approximate surface area is 168 Å². The molecule has 0 radical (unpaired) electrons.